The molecule has 0 aliphatic carbocycles. The molecule has 1 N–H and O–H groups in total. The first-order valence-corrected chi connectivity index (χ1v) is 6.81. The number of sulfonamides is 1. The second-order valence-electron chi connectivity index (χ2n) is 3.83. The van der Waals surface area contributed by atoms with E-state index in [9.17, 15) is 8.42 Å². The Labute approximate surface area is 110 Å². The summed E-state index contributed by atoms with van der Waals surface area (Å²) in [5.41, 5.74) is 0.979. The van der Waals surface area contributed by atoms with E-state index in [1.165, 1.54) is 23.0 Å². The Morgan fingerprint density at radius 1 is 1.32 bits per heavy atom. The molecule has 1 aromatic carbocycles. The molecular weight excluding hydrogens is 268 g/mol. The Morgan fingerprint density at radius 3 is 2.58 bits per heavy atom. The predicted octanol–water partition coefficient (Wildman–Crippen LogP) is -0.169. The van der Waals surface area contributed by atoms with Crippen LogP contribution in [-0.2, 0) is 17.1 Å². The quantitative estimate of drug-likeness (QED) is 0.619. The summed E-state index contributed by atoms with van der Waals surface area (Å²) < 4.78 is 25.1. The van der Waals surface area contributed by atoms with E-state index in [4.69, 9.17) is 0 Å². The van der Waals surface area contributed by atoms with Gasteiger partial charge in [0, 0.05) is 7.05 Å². The maximum atomic E-state index is 11.9. The first-order chi connectivity index (χ1) is 8.99. The summed E-state index contributed by atoms with van der Waals surface area (Å²) in [6.45, 7) is 1.88. The zero-order valence-corrected chi connectivity index (χ0v) is 11.2. The van der Waals surface area contributed by atoms with Gasteiger partial charge < -0.3 is 0 Å². The molecule has 0 atom stereocenters. The van der Waals surface area contributed by atoms with E-state index < -0.39 is 10.0 Å². The Hall–Kier alpha value is -2.29. The lowest BCUT2D eigenvalue weighted by molar-refractivity contribution is 0.584. The van der Waals surface area contributed by atoms with Crippen molar-refractivity contribution < 1.29 is 8.42 Å². The lowest BCUT2D eigenvalue weighted by Gasteiger charge is -2.03. The molecule has 0 bridgehead atoms. The molecule has 0 fully saturated rings. The molecule has 0 unspecified atom stereocenters. The van der Waals surface area contributed by atoms with Gasteiger partial charge in [0.05, 0.1) is 11.1 Å². The Morgan fingerprint density at radius 2 is 2.00 bits per heavy atom. The first kappa shape index (κ1) is 13.1. The van der Waals surface area contributed by atoms with Gasteiger partial charge in [0.2, 0.25) is 0 Å². The molecule has 0 spiro atoms. The number of benzene rings is 1. The smallest absolute Gasteiger partial charge is 0.228 e. The lowest BCUT2D eigenvalue weighted by Crippen LogP contribution is -2.18. The highest BCUT2D eigenvalue weighted by Crippen LogP contribution is 2.09. The van der Waals surface area contributed by atoms with Crippen molar-refractivity contribution in [3.63, 3.8) is 0 Å². The summed E-state index contributed by atoms with van der Waals surface area (Å²) in [7, 11) is -2.05. The molecule has 8 nitrogen and oxygen atoms in total. The largest absolute Gasteiger partial charge is 0.276 e. The van der Waals surface area contributed by atoms with Gasteiger partial charge in [-0.2, -0.15) is 18.4 Å². The Kier molecular flexibility index (Phi) is 3.56. The van der Waals surface area contributed by atoms with Crippen LogP contribution < -0.4 is 4.83 Å². The van der Waals surface area contributed by atoms with Crippen LogP contribution in [0.3, 0.4) is 0 Å². The molecule has 0 amide bonds. The van der Waals surface area contributed by atoms with Crippen LogP contribution in [0.15, 0.2) is 34.3 Å². The minimum absolute atomic E-state index is 0.145. The van der Waals surface area contributed by atoms with E-state index in [1.807, 2.05) is 6.92 Å². The molecule has 1 aromatic heterocycles. The molecule has 0 aliphatic rings. The summed E-state index contributed by atoms with van der Waals surface area (Å²) >= 11 is 0. The molecule has 2 aromatic rings. The number of hydrogen-bond donors (Lipinski definition) is 1. The zero-order valence-electron chi connectivity index (χ0n) is 10.3. The third-order valence-corrected chi connectivity index (χ3v) is 3.58. The van der Waals surface area contributed by atoms with E-state index >= 15 is 0 Å². The van der Waals surface area contributed by atoms with E-state index in [-0.39, 0.29) is 4.90 Å². The maximum Gasteiger partial charge on any atom is 0.276 e. The van der Waals surface area contributed by atoms with Gasteiger partial charge in [0.15, 0.2) is 5.82 Å². The van der Waals surface area contributed by atoms with Gasteiger partial charge in [-0.25, -0.2) is 4.68 Å². The third kappa shape index (κ3) is 3.13. The van der Waals surface area contributed by atoms with Crippen molar-refractivity contribution in [2.75, 3.05) is 0 Å². The SMILES string of the molecule is Cc1ccc(S(=O)(=O)N/N=C/c2nnnn2C)cc1. The summed E-state index contributed by atoms with van der Waals surface area (Å²) in [6, 6.07) is 6.45. The molecular formula is C10H12N6O2S. The number of rotatable bonds is 4. The second kappa shape index (κ2) is 5.14. The molecule has 2 rings (SSSR count). The van der Waals surface area contributed by atoms with Gasteiger partial charge in [-0.3, -0.25) is 0 Å². The monoisotopic (exact) mass is 280 g/mol. The molecule has 0 aliphatic heterocycles. The molecule has 1 heterocycles. The maximum absolute atomic E-state index is 11.9. The van der Waals surface area contributed by atoms with Crippen LogP contribution >= 0.6 is 0 Å². The normalized spacial score (nSPS) is 11.9. The number of nitrogens with zero attached hydrogens (tertiary/aromatic N) is 5. The van der Waals surface area contributed by atoms with E-state index in [2.05, 4.69) is 25.5 Å². The molecule has 0 radical (unpaired) electrons. The van der Waals surface area contributed by atoms with Crippen LogP contribution in [-0.4, -0.2) is 34.8 Å². The minimum atomic E-state index is -3.67. The minimum Gasteiger partial charge on any atom is -0.228 e. The van der Waals surface area contributed by atoms with Crippen molar-refractivity contribution in [2.24, 2.45) is 12.1 Å². The van der Waals surface area contributed by atoms with Crippen LogP contribution in [0.25, 0.3) is 0 Å². The zero-order chi connectivity index (χ0) is 13.9. The van der Waals surface area contributed by atoms with Crippen LogP contribution in [0.5, 0.6) is 0 Å². The topological polar surface area (TPSA) is 102 Å². The van der Waals surface area contributed by atoms with Crippen molar-refractivity contribution in [2.45, 2.75) is 11.8 Å². The van der Waals surface area contributed by atoms with Crippen molar-refractivity contribution >= 4 is 16.2 Å². The van der Waals surface area contributed by atoms with Crippen LogP contribution in [0.2, 0.25) is 0 Å². The third-order valence-electron chi connectivity index (χ3n) is 2.34. The number of aromatic nitrogens is 4. The van der Waals surface area contributed by atoms with Crippen LogP contribution in [0, 0.1) is 6.92 Å². The Balaban J connectivity index is 2.12. The van der Waals surface area contributed by atoms with Crippen LogP contribution in [0.1, 0.15) is 11.4 Å². The summed E-state index contributed by atoms with van der Waals surface area (Å²) in [6.07, 6.45) is 1.23. The number of tetrazole rings is 1. The number of hydrogen-bond acceptors (Lipinski definition) is 6. The fraction of sp³-hybridized carbons (Fsp3) is 0.200. The van der Waals surface area contributed by atoms with E-state index in [0.29, 0.717) is 5.82 Å². The van der Waals surface area contributed by atoms with Gasteiger partial charge in [-0.05, 0) is 29.5 Å². The molecule has 100 valence electrons. The highest BCUT2D eigenvalue weighted by atomic mass is 32.2. The fourth-order valence-corrected chi connectivity index (χ4v) is 2.06. The van der Waals surface area contributed by atoms with Crippen molar-refractivity contribution in [1.82, 2.24) is 25.0 Å². The molecule has 0 saturated heterocycles. The van der Waals surface area contributed by atoms with Crippen molar-refractivity contribution in [3.8, 4) is 0 Å². The van der Waals surface area contributed by atoms with E-state index in [0.717, 1.165) is 5.56 Å². The summed E-state index contributed by atoms with van der Waals surface area (Å²) in [4.78, 5) is 2.24. The van der Waals surface area contributed by atoms with Gasteiger partial charge in [-0.1, -0.05) is 17.7 Å². The van der Waals surface area contributed by atoms with Crippen molar-refractivity contribution in [1.29, 1.82) is 0 Å². The summed E-state index contributed by atoms with van der Waals surface area (Å²) in [5.74, 6) is 0.339. The van der Waals surface area contributed by atoms with Gasteiger partial charge >= 0.3 is 0 Å². The highest BCUT2D eigenvalue weighted by Gasteiger charge is 2.11. The summed E-state index contributed by atoms with van der Waals surface area (Å²) in [5, 5.41) is 14.2. The lowest BCUT2D eigenvalue weighted by atomic mass is 10.2. The molecule has 0 saturated carbocycles. The number of aryl methyl sites for hydroxylation is 2. The first-order valence-electron chi connectivity index (χ1n) is 5.33. The Bertz CT molecular complexity index is 689. The van der Waals surface area contributed by atoms with Gasteiger partial charge in [-0.15, -0.1) is 5.10 Å². The van der Waals surface area contributed by atoms with E-state index in [1.54, 1.807) is 19.2 Å². The highest BCUT2D eigenvalue weighted by molar-refractivity contribution is 7.89. The van der Waals surface area contributed by atoms with Crippen LogP contribution in [0.4, 0.5) is 0 Å². The predicted molar refractivity (Wildman–Crippen MR) is 67.9 cm³/mol. The molecule has 19 heavy (non-hydrogen) atoms. The van der Waals surface area contributed by atoms with Crippen molar-refractivity contribution in [3.05, 3.63) is 35.7 Å². The number of nitrogens with one attached hydrogen (secondary N) is 1. The number of hydrazone groups is 1. The fourth-order valence-electron chi connectivity index (χ4n) is 1.27. The second-order valence-corrected chi connectivity index (χ2v) is 5.49. The average molecular weight is 280 g/mol. The molecule has 9 heteroatoms. The average Bonchev–Trinajstić information content (AvgIpc) is 2.75. The standard InChI is InChI=1S/C10H12N6O2S/c1-8-3-5-9(6-4-8)19(17,18)15-11-7-10-12-13-14-16(10)2/h3-7,15H,1-2H3/b11-7+. The van der Waals surface area contributed by atoms with Gasteiger partial charge in [0.1, 0.15) is 0 Å². The van der Waals surface area contributed by atoms with Gasteiger partial charge in [0.25, 0.3) is 10.0 Å².